The molecule has 18 heavy (non-hydrogen) atoms. The van der Waals surface area contributed by atoms with Gasteiger partial charge in [-0.05, 0) is 24.6 Å². The van der Waals surface area contributed by atoms with Gasteiger partial charge in [0, 0.05) is 17.8 Å². The molecule has 0 amide bonds. The maximum Gasteiger partial charge on any atom is 0.224 e. The minimum atomic E-state index is 0.450. The molecule has 0 aliphatic carbocycles. The Morgan fingerprint density at radius 2 is 1.94 bits per heavy atom. The average Bonchev–Trinajstić information content (AvgIpc) is 2.36. The van der Waals surface area contributed by atoms with Crippen molar-refractivity contribution in [3.63, 3.8) is 0 Å². The third-order valence-corrected chi connectivity index (χ3v) is 3.09. The van der Waals surface area contributed by atoms with Crippen molar-refractivity contribution in [3.05, 3.63) is 40.0 Å². The van der Waals surface area contributed by atoms with E-state index in [9.17, 15) is 0 Å². The highest BCUT2D eigenvalue weighted by atomic mass is 35.5. The fourth-order valence-corrected chi connectivity index (χ4v) is 1.70. The van der Waals surface area contributed by atoms with Gasteiger partial charge in [0.25, 0.3) is 0 Å². The molecule has 0 aliphatic heterocycles. The van der Waals surface area contributed by atoms with Crippen molar-refractivity contribution in [3.8, 4) is 0 Å². The first-order chi connectivity index (χ1) is 8.60. The fourth-order valence-electron chi connectivity index (χ4n) is 1.38. The van der Waals surface area contributed by atoms with E-state index in [1.165, 1.54) is 0 Å². The Labute approximate surface area is 115 Å². The molecule has 0 radical (unpaired) electrons. The fraction of sp³-hybridized carbons (Fsp3) is 0.167. The summed E-state index contributed by atoms with van der Waals surface area (Å²) in [5.74, 6) is 1.04. The Kier molecular flexibility index (Phi) is 3.89. The summed E-state index contributed by atoms with van der Waals surface area (Å²) in [5, 5.41) is 7.10. The molecule has 2 aromatic rings. The zero-order valence-corrected chi connectivity index (χ0v) is 11.5. The van der Waals surface area contributed by atoms with E-state index in [0.29, 0.717) is 21.8 Å². The van der Waals surface area contributed by atoms with E-state index in [4.69, 9.17) is 23.2 Å². The number of nitrogens with zero attached hydrogens (tertiary/aromatic N) is 2. The van der Waals surface area contributed by atoms with Crippen LogP contribution in [0.1, 0.15) is 5.56 Å². The molecule has 0 unspecified atom stereocenters. The number of anilines is 3. The van der Waals surface area contributed by atoms with Gasteiger partial charge in [0.15, 0.2) is 5.82 Å². The van der Waals surface area contributed by atoms with Crippen LogP contribution in [0.25, 0.3) is 0 Å². The maximum absolute atomic E-state index is 6.06. The van der Waals surface area contributed by atoms with Crippen LogP contribution in [0.5, 0.6) is 0 Å². The van der Waals surface area contributed by atoms with Gasteiger partial charge in [-0.3, -0.25) is 0 Å². The van der Waals surface area contributed by atoms with E-state index in [1.54, 1.807) is 13.2 Å². The van der Waals surface area contributed by atoms with Gasteiger partial charge in [0.05, 0.1) is 6.20 Å². The molecular formula is C12H12Cl2N4. The lowest BCUT2D eigenvalue weighted by molar-refractivity contribution is 1.15. The number of benzene rings is 1. The normalized spacial score (nSPS) is 10.2. The number of aryl methyl sites for hydroxylation is 1. The number of hydrogen-bond donors (Lipinski definition) is 2. The van der Waals surface area contributed by atoms with Crippen molar-refractivity contribution >= 4 is 40.7 Å². The highest BCUT2D eigenvalue weighted by molar-refractivity contribution is 6.33. The molecule has 0 aliphatic rings. The summed E-state index contributed by atoms with van der Waals surface area (Å²) in [6.45, 7) is 1.95. The van der Waals surface area contributed by atoms with Crippen molar-refractivity contribution in [2.45, 2.75) is 6.92 Å². The first-order valence-corrected chi connectivity index (χ1v) is 6.09. The van der Waals surface area contributed by atoms with Crippen LogP contribution in [0.4, 0.5) is 17.5 Å². The molecule has 0 atom stereocenters. The van der Waals surface area contributed by atoms with Crippen molar-refractivity contribution in [1.82, 2.24) is 9.97 Å². The number of rotatable bonds is 3. The minimum Gasteiger partial charge on any atom is -0.357 e. The molecule has 6 heteroatoms. The summed E-state index contributed by atoms with van der Waals surface area (Å²) >= 11 is 12.1. The van der Waals surface area contributed by atoms with E-state index in [-0.39, 0.29) is 0 Å². The third kappa shape index (κ3) is 2.83. The predicted molar refractivity (Wildman–Crippen MR) is 76.1 cm³/mol. The molecule has 2 rings (SSSR count). The number of aromatic nitrogens is 2. The zero-order valence-electron chi connectivity index (χ0n) is 9.96. The maximum atomic E-state index is 6.06. The Balaban J connectivity index is 2.30. The van der Waals surface area contributed by atoms with Crippen molar-refractivity contribution in [1.29, 1.82) is 0 Å². The zero-order chi connectivity index (χ0) is 13.1. The van der Waals surface area contributed by atoms with Gasteiger partial charge in [-0.2, -0.15) is 4.98 Å². The molecular weight excluding hydrogens is 271 g/mol. The second kappa shape index (κ2) is 5.42. The quantitative estimate of drug-likeness (QED) is 0.897. The topological polar surface area (TPSA) is 49.8 Å². The number of halogens is 2. The monoisotopic (exact) mass is 282 g/mol. The van der Waals surface area contributed by atoms with Crippen LogP contribution >= 0.6 is 23.2 Å². The van der Waals surface area contributed by atoms with Gasteiger partial charge < -0.3 is 10.6 Å². The van der Waals surface area contributed by atoms with Crippen LogP contribution in [0.2, 0.25) is 10.0 Å². The lowest BCUT2D eigenvalue weighted by Gasteiger charge is -2.09. The Morgan fingerprint density at radius 3 is 2.61 bits per heavy atom. The van der Waals surface area contributed by atoms with E-state index < -0.39 is 0 Å². The molecule has 4 nitrogen and oxygen atoms in total. The summed E-state index contributed by atoms with van der Waals surface area (Å²) in [7, 11) is 1.75. The minimum absolute atomic E-state index is 0.450. The second-order valence-electron chi connectivity index (χ2n) is 3.73. The first kappa shape index (κ1) is 12.9. The van der Waals surface area contributed by atoms with Gasteiger partial charge in [0.1, 0.15) is 5.02 Å². The van der Waals surface area contributed by atoms with Crippen LogP contribution < -0.4 is 10.6 Å². The molecule has 2 N–H and O–H groups in total. The van der Waals surface area contributed by atoms with Gasteiger partial charge in [-0.25, -0.2) is 4.98 Å². The highest BCUT2D eigenvalue weighted by Gasteiger charge is 2.06. The summed E-state index contributed by atoms with van der Waals surface area (Å²) in [6, 6.07) is 5.67. The Hall–Kier alpha value is -1.52. The van der Waals surface area contributed by atoms with Crippen molar-refractivity contribution in [2.24, 2.45) is 0 Å². The predicted octanol–water partition coefficient (Wildman–Crippen LogP) is 3.88. The highest BCUT2D eigenvalue weighted by Crippen LogP contribution is 2.26. The molecule has 0 fully saturated rings. The summed E-state index contributed by atoms with van der Waals surface area (Å²) in [6.07, 6.45) is 1.54. The molecule has 1 heterocycles. The molecule has 0 saturated carbocycles. The average molecular weight is 283 g/mol. The van der Waals surface area contributed by atoms with Gasteiger partial charge in [-0.15, -0.1) is 0 Å². The van der Waals surface area contributed by atoms with Gasteiger partial charge >= 0.3 is 0 Å². The summed E-state index contributed by atoms with van der Waals surface area (Å²) in [4.78, 5) is 8.24. The Morgan fingerprint density at radius 1 is 1.17 bits per heavy atom. The van der Waals surface area contributed by atoms with Crippen LogP contribution in [0.3, 0.4) is 0 Å². The lowest BCUT2D eigenvalue weighted by atomic mass is 10.2. The van der Waals surface area contributed by atoms with Crippen LogP contribution in [0, 0.1) is 6.92 Å². The van der Waals surface area contributed by atoms with Crippen LogP contribution in [-0.2, 0) is 0 Å². The Bertz CT molecular complexity index is 572. The summed E-state index contributed by atoms with van der Waals surface area (Å²) in [5.41, 5.74) is 1.85. The first-order valence-electron chi connectivity index (χ1n) is 5.33. The van der Waals surface area contributed by atoms with Gasteiger partial charge in [0.2, 0.25) is 5.95 Å². The lowest BCUT2D eigenvalue weighted by Crippen LogP contribution is -2.01. The van der Waals surface area contributed by atoms with Gasteiger partial charge in [-0.1, -0.05) is 29.3 Å². The molecule has 94 valence electrons. The molecule has 0 saturated heterocycles. The SMILES string of the molecule is CNc1ncc(Cl)c(Nc2ccc(C)c(Cl)c2)n1. The smallest absolute Gasteiger partial charge is 0.224 e. The van der Waals surface area contributed by atoms with Crippen molar-refractivity contribution < 1.29 is 0 Å². The van der Waals surface area contributed by atoms with Crippen LogP contribution in [-0.4, -0.2) is 17.0 Å². The van der Waals surface area contributed by atoms with E-state index >= 15 is 0 Å². The number of hydrogen-bond acceptors (Lipinski definition) is 4. The van der Waals surface area contributed by atoms with Crippen LogP contribution in [0.15, 0.2) is 24.4 Å². The molecule has 0 spiro atoms. The summed E-state index contributed by atoms with van der Waals surface area (Å²) < 4.78 is 0. The second-order valence-corrected chi connectivity index (χ2v) is 4.54. The third-order valence-electron chi connectivity index (χ3n) is 2.40. The molecule has 1 aromatic carbocycles. The largest absolute Gasteiger partial charge is 0.357 e. The molecule has 1 aromatic heterocycles. The van der Waals surface area contributed by atoms with E-state index in [0.717, 1.165) is 11.3 Å². The van der Waals surface area contributed by atoms with E-state index in [2.05, 4.69) is 20.6 Å². The van der Waals surface area contributed by atoms with Crippen molar-refractivity contribution in [2.75, 3.05) is 17.7 Å². The molecule has 0 bridgehead atoms. The number of nitrogens with one attached hydrogen (secondary N) is 2. The van der Waals surface area contributed by atoms with E-state index in [1.807, 2.05) is 25.1 Å². The standard InChI is InChI=1S/C12H12Cl2N4/c1-7-3-4-8(5-9(7)13)17-11-10(14)6-16-12(15-2)18-11/h3-6H,1-2H3,(H2,15,16,17,18).